The Morgan fingerprint density at radius 1 is 1.18 bits per heavy atom. The molecule has 5 N–H and O–H groups in total. The zero-order chi connectivity index (χ0) is 8.43. The normalized spacial score (nSPS) is 45.8. The molecular formula is C6H13NO4. The van der Waals surface area contributed by atoms with Gasteiger partial charge in [-0.3, -0.25) is 0 Å². The van der Waals surface area contributed by atoms with E-state index in [9.17, 15) is 5.11 Å². The largest absolute Gasteiger partial charge is 0.395 e. The van der Waals surface area contributed by atoms with Gasteiger partial charge >= 0.3 is 0 Å². The van der Waals surface area contributed by atoms with Crippen molar-refractivity contribution >= 4 is 0 Å². The van der Waals surface area contributed by atoms with E-state index in [1.54, 1.807) is 0 Å². The van der Waals surface area contributed by atoms with Gasteiger partial charge in [0.15, 0.2) is 0 Å². The first kappa shape index (κ1) is 8.89. The molecule has 1 aliphatic rings. The first-order valence-electron chi connectivity index (χ1n) is 3.55. The van der Waals surface area contributed by atoms with Crippen molar-refractivity contribution in [1.29, 1.82) is 0 Å². The Labute approximate surface area is 64.3 Å². The van der Waals surface area contributed by atoms with Crippen molar-refractivity contribution < 1.29 is 20.4 Å². The highest BCUT2D eigenvalue weighted by molar-refractivity contribution is 4.91. The molecule has 1 saturated heterocycles. The summed E-state index contributed by atoms with van der Waals surface area (Å²) in [5.74, 6) is 0. The van der Waals surface area contributed by atoms with Crippen LogP contribution in [0.3, 0.4) is 0 Å². The Bertz CT molecular complexity index is 130. The summed E-state index contributed by atoms with van der Waals surface area (Å²) in [5, 5.41) is 38.6. The van der Waals surface area contributed by atoms with Crippen LogP contribution in [0.4, 0.5) is 0 Å². The molecule has 0 spiro atoms. The summed E-state index contributed by atoms with van der Waals surface area (Å²) < 4.78 is 0. The Morgan fingerprint density at radius 2 is 1.82 bits per heavy atom. The van der Waals surface area contributed by atoms with E-state index in [1.165, 1.54) is 0 Å². The van der Waals surface area contributed by atoms with Crippen LogP contribution in [-0.4, -0.2) is 57.9 Å². The zero-order valence-corrected chi connectivity index (χ0v) is 6.01. The number of aliphatic hydroxyl groups excluding tert-OH is 4. The van der Waals surface area contributed by atoms with Crippen molar-refractivity contribution in [3.63, 3.8) is 0 Å². The van der Waals surface area contributed by atoms with Crippen LogP contribution in [0.15, 0.2) is 0 Å². The van der Waals surface area contributed by atoms with Gasteiger partial charge in [-0.25, -0.2) is 0 Å². The first-order valence-corrected chi connectivity index (χ1v) is 3.55. The molecule has 0 aliphatic carbocycles. The minimum Gasteiger partial charge on any atom is -0.395 e. The smallest absolute Gasteiger partial charge is 0.109 e. The van der Waals surface area contributed by atoms with Crippen LogP contribution in [0.2, 0.25) is 0 Å². The lowest BCUT2D eigenvalue weighted by Gasteiger charge is -2.34. The number of piperidine rings is 1. The predicted molar refractivity (Wildman–Crippen MR) is 36.9 cm³/mol. The summed E-state index contributed by atoms with van der Waals surface area (Å²) in [4.78, 5) is 0. The molecule has 1 aliphatic heterocycles. The molecule has 0 bridgehead atoms. The van der Waals surface area contributed by atoms with E-state index in [1.807, 2.05) is 0 Å². The highest BCUT2D eigenvalue weighted by Crippen LogP contribution is 2.09. The summed E-state index contributed by atoms with van der Waals surface area (Å²) in [6.45, 7) is -0.0472. The van der Waals surface area contributed by atoms with Gasteiger partial charge in [-0.15, -0.1) is 0 Å². The van der Waals surface area contributed by atoms with E-state index < -0.39 is 24.4 Å². The minimum absolute atomic E-state index is 0.198. The summed E-state index contributed by atoms with van der Waals surface area (Å²) >= 11 is 0. The Balaban J connectivity index is 2.52. The molecule has 0 saturated carbocycles. The summed E-state index contributed by atoms with van der Waals surface area (Å²) in [6.07, 6.45) is -3.20. The van der Waals surface area contributed by atoms with Crippen molar-refractivity contribution in [2.45, 2.75) is 24.4 Å². The maximum Gasteiger partial charge on any atom is 0.109 e. The third-order valence-corrected chi connectivity index (χ3v) is 1.94. The lowest BCUT2D eigenvalue weighted by atomic mass is 9.97. The van der Waals surface area contributed by atoms with Gasteiger partial charge in [0, 0.05) is 6.54 Å². The standard InChI is InChI=1S/C6H13NO4/c8-2-3-5(10)6(11)4(9)1-7-3/h3-11H,1-2H2/t3-,4+,5+,6?/m1/s1. The van der Waals surface area contributed by atoms with Crippen molar-refractivity contribution in [1.82, 2.24) is 5.32 Å². The lowest BCUT2D eigenvalue weighted by Crippen LogP contribution is -2.60. The molecule has 0 aromatic carbocycles. The SMILES string of the molecule is OC[C@H]1NC[C@H](O)C(O)[C@H]1O. The third kappa shape index (κ3) is 1.69. The van der Waals surface area contributed by atoms with E-state index in [-0.39, 0.29) is 13.2 Å². The molecule has 1 unspecified atom stereocenters. The van der Waals surface area contributed by atoms with Gasteiger partial charge in [-0.05, 0) is 0 Å². The Hall–Kier alpha value is -0.200. The number of β-amino-alcohol motifs (C(OH)–C–C–N with tert-alkyl or cyclic N) is 1. The number of aliphatic hydroxyl groups is 4. The maximum absolute atomic E-state index is 9.18. The fourth-order valence-electron chi connectivity index (χ4n) is 1.15. The number of nitrogens with one attached hydrogen (secondary N) is 1. The average Bonchev–Trinajstić information content (AvgIpc) is 2.01. The molecule has 11 heavy (non-hydrogen) atoms. The lowest BCUT2D eigenvalue weighted by molar-refractivity contribution is -0.101. The fourth-order valence-corrected chi connectivity index (χ4v) is 1.15. The van der Waals surface area contributed by atoms with Gasteiger partial charge in [0.05, 0.1) is 24.9 Å². The molecule has 5 nitrogen and oxygen atoms in total. The number of hydrogen-bond donors (Lipinski definition) is 5. The van der Waals surface area contributed by atoms with Crippen LogP contribution in [0.5, 0.6) is 0 Å². The molecule has 1 rings (SSSR count). The maximum atomic E-state index is 9.18. The van der Waals surface area contributed by atoms with Crippen LogP contribution in [0.25, 0.3) is 0 Å². The molecule has 4 atom stereocenters. The van der Waals surface area contributed by atoms with Gasteiger partial charge in [0.2, 0.25) is 0 Å². The second-order valence-corrected chi connectivity index (χ2v) is 2.75. The van der Waals surface area contributed by atoms with E-state index in [0.717, 1.165) is 0 Å². The van der Waals surface area contributed by atoms with Crippen LogP contribution in [-0.2, 0) is 0 Å². The highest BCUT2D eigenvalue weighted by atomic mass is 16.4. The number of hydrogen-bond acceptors (Lipinski definition) is 5. The van der Waals surface area contributed by atoms with Gasteiger partial charge in [0.1, 0.15) is 6.10 Å². The topological polar surface area (TPSA) is 93.0 Å². The zero-order valence-electron chi connectivity index (χ0n) is 6.01. The minimum atomic E-state index is -1.16. The van der Waals surface area contributed by atoms with Gasteiger partial charge in [0.25, 0.3) is 0 Å². The molecule has 0 aromatic heterocycles. The highest BCUT2D eigenvalue weighted by Gasteiger charge is 2.35. The Kier molecular flexibility index (Phi) is 2.80. The van der Waals surface area contributed by atoms with Crippen molar-refractivity contribution in [2.75, 3.05) is 13.2 Å². The fraction of sp³-hybridized carbons (Fsp3) is 1.00. The average molecular weight is 163 g/mol. The summed E-state index contributed by atoms with van der Waals surface area (Å²) in [5.41, 5.74) is 0. The second-order valence-electron chi connectivity index (χ2n) is 2.75. The second kappa shape index (κ2) is 3.46. The van der Waals surface area contributed by atoms with Crippen molar-refractivity contribution in [2.24, 2.45) is 0 Å². The molecule has 0 radical (unpaired) electrons. The third-order valence-electron chi connectivity index (χ3n) is 1.94. The van der Waals surface area contributed by atoms with Gasteiger partial charge in [-0.2, -0.15) is 0 Å². The van der Waals surface area contributed by atoms with Gasteiger partial charge in [-0.1, -0.05) is 0 Å². The van der Waals surface area contributed by atoms with E-state index in [2.05, 4.69) is 5.32 Å². The van der Waals surface area contributed by atoms with Crippen LogP contribution in [0.1, 0.15) is 0 Å². The van der Waals surface area contributed by atoms with Crippen molar-refractivity contribution in [3.05, 3.63) is 0 Å². The Morgan fingerprint density at radius 3 is 2.36 bits per heavy atom. The summed E-state index contributed by atoms with van der Waals surface area (Å²) in [6, 6.07) is -0.534. The van der Waals surface area contributed by atoms with Crippen molar-refractivity contribution in [3.8, 4) is 0 Å². The molecule has 1 fully saturated rings. The molecule has 66 valence electrons. The molecule has 1 heterocycles. The van der Waals surface area contributed by atoms with E-state index in [0.29, 0.717) is 0 Å². The van der Waals surface area contributed by atoms with E-state index >= 15 is 0 Å². The molecule has 5 heteroatoms. The monoisotopic (exact) mass is 163 g/mol. The molecular weight excluding hydrogens is 150 g/mol. The van der Waals surface area contributed by atoms with Crippen LogP contribution < -0.4 is 5.32 Å². The molecule has 0 amide bonds. The quantitative estimate of drug-likeness (QED) is 0.285. The van der Waals surface area contributed by atoms with E-state index in [4.69, 9.17) is 15.3 Å². The summed E-state index contributed by atoms with van der Waals surface area (Å²) in [7, 11) is 0. The molecule has 0 aromatic rings. The predicted octanol–water partition coefficient (Wildman–Crippen LogP) is -2.97. The first-order chi connectivity index (χ1) is 5.16. The van der Waals surface area contributed by atoms with Crippen LogP contribution in [0, 0.1) is 0 Å². The number of rotatable bonds is 1. The van der Waals surface area contributed by atoms with Crippen LogP contribution >= 0.6 is 0 Å². The van der Waals surface area contributed by atoms with Gasteiger partial charge < -0.3 is 25.7 Å².